The summed E-state index contributed by atoms with van der Waals surface area (Å²) in [7, 11) is -0.450. The van der Waals surface area contributed by atoms with Crippen molar-refractivity contribution in [1.82, 2.24) is 0 Å². The number of carbonyl (C=O) groups is 1. The number of halogens is 2. The van der Waals surface area contributed by atoms with Gasteiger partial charge in [-0.2, -0.15) is 0 Å². The topological polar surface area (TPSA) is 84.9 Å². The third-order valence-electron chi connectivity index (χ3n) is 4.56. The Bertz CT molecular complexity index is 1040. The van der Waals surface area contributed by atoms with Crippen molar-refractivity contribution in [3.05, 3.63) is 45.9 Å². The van der Waals surface area contributed by atoms with Crippen LogP contribution in [0.2, 0.25) is 10.0 Å². The highest BCUT2D eigenvalue weighted by molar-refractivity contribution is 7.92. The van der Waals surface area contributed by atoms with Gasteiger partial charge in [0.2, 0.25) is 10.0 Å². The van der Waals surface area contributed by atoms with Crippen LogP contribution in [0.5, 0.6) is 11.5 Å². The van der Waals surface area contributed by atoms with Gasteiger partial charge in [-0.1, -0.05) is 23.2 Å². The average molecular weight is 459 g/mol. The minimum atomic E-state index is -3.36. The molecule has 1 saturated heterocycles. The molecule has 0 spiro atoms. The first-order valence-electron chi connectivity index (χ1n) is 8.79. The maximum absolute atomic E-state index is 12.7. The molecule has 0 bridgehead atoms. The zero-order valence-electron chi connectivity index (χ0n) is 15.9. The van der Waals surface area contributed by atoms with Crippen molar-refractivity contribution >= 4 is 50.5 Å². The Kier molecular flexibility index (Phi) is 6.45. The van der Waals surface area contributed by atoms with E-state index in [1.807, 2.05) is 0 Å². The molecule has 29 heavy (non-hydrogen) atoms. The lowest BCUT2D eigenvalue weighted by atomic mass is 10.1. The molecular weight excluding hydrogens is 439 g/mol. The summed E-state index contributed by atoms with van der Waals surface area (Å²) in [4.78, 5) is 12.7. The van der Waals surface area contributed by atoms with Crippen LogP contribution < -0.4 is 19.1 Å². The SMILES string of the molecule is COc1cc(NC(=O)c2ccc(N3CCCCS3(=O)=O)cc2Cl)c(OC)cc1Cl. The third-order valence-corrected chi connectivity index (χ3v) is 7.03. The Labute approximate surface area is 179 Å². The molecule has 0 unspecified atom stereocenters. The number of amides is 1. The molecule has 0 aromatic heterocycles. The van der Waals surface area contributed by atoms with Crippen molar-refractivity contribution in [1.29, 1.82) is 0 Å². The minimum Gasteiger partial charge on any atom is -0.495 e. The number of benzene rings is 2. The van der Waals surface area contributed by atoms with Gasteiger partial charge in [-0.15, -0.1) is 0 Å². The third kappa shape index (κ3) is 4.55. The van der Waals surface area contributed by atoms with E-state index in [9.17, 15) is 13.2 Å². The van der Waals surface area contributed by atoms with Crippen LogP contribution in [0.15, 0.2) is 30.3 Å². The lowest BCUT2D eigenvalue weighted by Crippen LogP contribution is -2.37. The smallest absolute Gasteiger partial charge is 0.257 e. The van der Waals surface area contributed by atoms with Gasteiger partial charge in [-0.3, -0.25) is 9.10 Å². The van der Waals surface area contributed by atoms with Gasteiger partial charge in [0.05, 0.1) is 47.0 Å². The van der Waals surface area contributed by atoms with Gasteiger partial charge in [0.25, 0.3) is 5.91 Å². The Morgan fingerprint density at radius 1 is 1.03 bits per heavy atom. The van der Waals surface area contributed by atoms with Crippen LogP contribution >= 0.6 is 23.2 Å². The van der Waals surface area contributed by atoms with Gasteiger partial charge < -0.3 is 14.8 Å². The van der Waals surface area contributed by atoms with Crippen molar-refractivity contribution in [2.24, 2.45) is 0 Å². The highest BCUT2D eigenvalue weighted by Gasteiger charge is 2.27. The lowest BCUT2D eigenvalue weighted by Gasteiger charge is -2.28. The van der Waals surface area contributed by atoms with E-state index < -0.39 is 15.9 Å². The standard InChI is InChI=1S/C19H20Cl2N2O5S/c1-27-17-11-16(18(28-2)10-15(17)21)22-19(24)13-6-5-12(9-14(13)20)23-7-3-4-8-29(23,25)26/h5-6,9-11H,3-4,7-8H2,1-2H3,(H,22,24). The van der Waals surface area contributed by atoms with Crippen LogP contribution in [0.1, 0.15) is 23.2 Å². The fourth-order valence-electron chi connectivity index (χ4n) is 3.07. The van der Waals surface area contributed by atoms with Crippen molar-refractivity contribution in [3.8, 4) is 11.5 Å². The summed E-state index contributed by atoms with van der Waals surface area (Å²) < 4.78 is 36.3. The summed E-state index contributed by atoms with van der Waals surface area (Å²) in [5.41, 5.74) is 0.996. The van der Waals surface area contributed by atoms with Crippen LogP contribution in [0.25, 0.3) is 0 Å². The lowest BCUT2D eigenvalue weighted by molar-refractivity contribution is 0.102. The number of hydrogen-bond donors (Lipinski definition) is 1. The zero-order valence-corrected chi connectivity index (χ0v) is 18.2. The number of anilines is 2. The monoisotopic (exact) mass is 458 g/mol. The molecule has 1 heterocycles. The van der Waals surface area contributed by atoms with Crippen molar-refractivity contribution < 1.29 is 22.7 Å². The number of carbonyl (C=O) groups excluding carboxylic acids is 1. The number of ether oxygens (including phenoxy) is 2. The van der Waals surface area contributed by atoms with E-state index in [-0.39, 0.29) is 16.3 Å². The maximum Gasteiger partial charge on any atom is 0.257 e. The second-order valence-corrected chi connectivity index (χ2v) is 9.23. The van der Waals surface area contributed by atoms with E-state index in [1.165, 1.54) is 36.7 Å². The Morgan fingerprint density at radius 3 is 2.38 bits per heavy atom. The summed E-state index contributed by atoms with van der Waals surface area (Å²) >= 11 is 12.4. The van der Waals surface area contributed by atoms with Crippen LogP contribution in [0.4, 0.5) is 11.4 Å². The number of rotatable bonds is 5. The molecular formula is C19H20Cl2N2O5S. The molecule has 0 radical (unpaired) electrons. The highest BCUT2D eigenvalue weighted by atomic mass is 35.5. The van der Waals surface area contributed by atoms with Crippen molar-refractivity contribution in [2.75, 3.05) is 36.1 Å². The Morgan fingerprint density at radius 2 is 1.76 bits per heavy atom. The summed E-state index contributed by atoms with van der Waals surface area (Å²) in [5, 5.41) is 3.20. The molecule has 3 rings (SSSR count). The predicted octanol–water partition coefficient (Wildman–Crippen LogP) is 4.19. The van der Waals surface area contributed by atoms with E-state index in [2.05, 4.69) is 5.32 Å². The van der Waals surface area contributed by atoms with Gasteiger partial charge >= 0.3 is 0 Å². The van der Waals surface area contributed by atoms with Gasteiger partial charge in [-0.25, -0.2) is 8.42 Å². The van der Waals surface area contributed by atoms with Gasteiger partial charge in [0.1, 0.15) is 11.5 Å². The number of nitrogens with one attached hydrogen (secondary N) is 1. The largest absolute Gasteiger partial charge is 0.495 e. The first kappa shape index (κ1) is 21.5. The summed E-state index contributed by atoms with van der Waals surface area (Å²) in [6, 6.07) is 7.63. The normalized spacial score (nSPS) is 15.7. The molecule has 1 amide bonds. The zero-order chi connectivity index (χ0) is 21.2. The summed E-state index contributed by atoms with van der Waals surface area (Å²) in [6.45, 7) is 0.395. The average Bonchev–Trinajstić information content (AvgIpc) is 2.68. The molecule has 2 aromatic carbocycles. The summed E-state index contributed by atoms with van der Waals surface area (Å²) in [6.07, 6.45) is 1.41. The van der Waals surface area contributed by atoms with Crippen LogP contribution in [-0.2, 0) is 10.0 Å². The summed E-state index contributed by atoms with van der Waals surface area (Å²) in [5.74, 6) is 0.354. The first-order valence-corrected chi connectivity index (χ1v) is 11.2. The highest BCUT2D eigenvalue weighted by Crippen LogP contribution is 2.36. The minimum absolute atomic E-state index is 0.102. The quantitative estimate of drug-likeness (QED) is 0.725. The first-order chi connectivity index (χ1) is 13.8. The van der Waals surface area contributed by atoms with E-state index in [1.54, 1.807) is 12.1 Å². The number of sulfonamides is 1. The maximum atomic E-state index is 12.7. The Balaban J connectivity index is 1.87. The van der Waals surface area contributed by atoms with Gasteiger partial charge in [0.15, 0.2) is 0 Å². The van der Waals surface area contributed by atoms with Gasteiger partial charge in [0, 0.05) is 18.7 Å². The molecule has 1 aliphatic rings. The van der Waals surface area contributed by atoms with E-state index in [4.69, 9.17) is 32.7 Å². The van der Waals surface area contributed by atoms with Crippen molar-refractivity contribution in [2.45, 2.75) is 12.8 Å². The van der Waals surface area contributed by atoms with E-state index >= 15 is 0 Å². The molecule has 1 fully saturated rings. The second kappa shape index (κ2) is 8.69. The second-order valence-electron chi connectivity index (χ2n) is 6.40. The number of hydrogen-bond acceptors (Lipinski definition) is 5. The molecule has 0 atom stereocenters. The molecule has 1 aliphatic heterocycles. The molecule has 1 N–H and O–H groups in total. The molecule has 10 heteroatoms. The van der Waals surface area contributed by atoms with E-state index in [0.717, 1.165) is 6.42 Å². The Hall–Kier alpha value is -2.16. The fraction of sp³-hybridized carbons (Fsp3) is 0.316. The van der Waals surface area contributed by atoms with Crippen LogP contribution in [0, 0.1) is 0 Å². The number of nitrogens with zero attached hydrogens (tertiary/aromatic N) is 1. The van der Waals surface area contributed by atoms with E-state index in [0.29, 0.717) is 40.9 Å². The molecule has 156 valence electrons. The molecule has 7 nitrogen and oxygen atoms in total. The van der Waals surface area contributed by atoms with Crippen LogP contribution in [-0.4, -0.2) is 40.8 Å². The predicted molar refractivity (Wildman–Crippen MR) is 114 cm³/mol. The van der Waals surface area contributed by atoms with Crippen molar-refractivity contribution in [3.63, 3.8) is 0 Å². The number of methoxy groups -OCH3 is 2. The molecule has 0 saturated carbocycles. The fourth-order valence-corrected chi connectivity index (χ4v) is 5.19. The molecule has 0 aliphatic carbocycles. The van der Waals surface area contributed by atoms with Crippen LogP contribution in [0.3, 0.4) is 0 Å². The van der Waals surface area contributed by atoms with Gasteiger partial charge in [-0.05, 0) is 31.0 Å². The molecule has 2 aromatic rings.